The minimum atomic E-state index is -0.250. The fraction of sp³-hybridized carbons (Fsp3) is 0.136. The van der Waals surface area contributed by atoms with Crippen molar-refractivity contribution in [1.82, 2.24) is 14.8 Å². The smallest absolute Gasteiger partial charge is 0.275 e. The van der Waals surface area contributed by atoms with Gasteiger partial charge in [-0.1, -0.05) is 18.2 Å². The van der Waals surface area contributed by atoms with Crippen LogP contribution in [0.25, 0.3) is 16.3 Å². The number of nitrogens with zero attached hydrogens (tertiary/aromatic N) is 3. The first-order valence-corrected chi connectivity index (χ1v) is 9.97. The molecule has 2 aromatic heterocycles. The number of hydrogen-bond donors (Lipinski definition) is 1. The Hall–Kier alpha value is -3.45. The maximum Gasteiger partial charge on any atom is 0.275 e. The molecule has 29 heavy (non-hydrogen) atoms. The maximum atomic E-state index is 12.8. The van der Waals surface area contributed by atoms with Crippen LogP contribution < -0.4 is 10.1 Å². The van der Waals surface area contributed by atoms with E-state index in [9.17, 15) is 4.79 Å². The number of para-hydroxylation sites is 1. The van der Waals surface area contributed by atoms with Gasteiger partial charge in [0.05, 0.1) is 29.9 Å². The molecular weight excluding hydrogens is 384 g/mol. The highest BCUT2D eigenvalue weighted by molar-refractivity contribution is 7.13. The van der Waals surface area contributed by atoms with Crippen molar-refractivity contribution in [3.8, 4) is 22.0 Å². The average Bonchev–Trinajstić information content (AvgIpc) is 3.35. The van der Waals surface area contributed by atoms with Gasteiger partial charge in [-0.2, -0.15) is 5.10 Å². The molecule has 2 aromatic carbocycles. The molecule has 0 unspecified atom stereocenters. The predicted molar refractivity (Wildman–Crippen MR) is 115 cm³/mol. The van der Waals surface area contributed by atoms with Crippen molar-refractivity contribution in [3.63, 3.8) is 0 Å². The van der Waals surface area contributed by atoms with Gasteiger partial charge in [0.25, 0.3) is 5.91 Å². The largest absolute Gasteiger partial charge is 0.497 e. The Bertz CT molecular complexity index is 1150. The Balaban J connectivity index is 1.56. The second-order valence-corrected chi connectivity index (χ2v) is 7.37. The molecule has 0 aliphatic heterocycles. The highest BCUT2D eigenvalue weighted by atomic mass is 32.1. The second kappa shape index (κ2) is 7.89. The minimum absolute atomic E-state index is 0.250. The van der Waals surface area contributed by atoms with E-state index in [1.807, 2.05) is 73.1 Å². The summed E-state index contributed by atoms with van der Waals surface area (Å²) in [5.41, 5.74) is 4.60. The summed E-state index contributed by atoms with van der Waals surface area (Å²) in [4.78, 5) is 17.3. The van der Waals surface area contributed by atoms with E-state index in [1.165, 1.54) is 11.3 Å². The van der Waals surface area contributed by atoms with Crippen molar-refractivity contribution in [2.75, 3.05) is 12.4 Å². The molecule has 0 aliphatic rings. The Morgan fingerprint density at radius 3 is 2.48 bits per heavy atom. The number of methoxy groups -OCH3 is 1. The van der Waals surface area contributed by atoms with Crippen LogP contribution in [0.1, 0.15) is 21.9 Å². The molecule has 1 amide bonds. The van der Waals surface area contributed by atoms with Gasteiger partial charge >= 0.3 is 0 Å². The van der Waals surface area contributed by atoms with Gasteiger partial charge in [0.15, 0.2) is 0 Å². The quantitative estimate of drug-likeness (QED) is 0.515. The zero-order valence-corrected chi connectivity index (χ0v) is 17.2. The first-order valence-electron chi connectivity index (χ1n) is 9.10. The molecule has 0 radical (unpaired) electrons. The molecule has 146 valence electrons. The lowest BCUT2D eigenvalue weighted by molar-refractivity contribution is 0.102. The molecule has 1 N–H and O–H groups in total. The third-order valence-electron chi connectivity index (χ3n) is 4.60. The number of benzene rings is 2. The number of carbonyl (C=O) groups is 1. The van der Waals surface area contributed by atoms with E-state index in [-0.39, 0.29) is 5.91 Å². The Morgan fingerprint density at radius 1 is 1.07 bits per heavy atom. The van der Waals surface area contributed by atoms with Crippen molar-refractivity contribution in [2.24, 2.45) is 0 Å². The monoisotopic (exact) mass is 404 g/mol. The SMILES string of the molecule is COc1ccc(-c2nc(C(=O)Nc3c(C)nn(-c4ccccc4)c3C)cs2)cc1. The van der Waals surface area contributed by atoms with Gasteiger partial charge in [0, 0.05) is 10.9 Å². The average molecular weight is 404 g/mol. The number of anilines is 1. The normalized spacial score (nSPS) is 10.7. The van der Waals surface area contributed by atoms with E-state index in [0.717, 1.165) is 33.4 Å². The summed E-state index contributed by atoms with van der Waals surface area (Å²) in [5.74, 6) is 0.532. The number of hydrogen-bond acceptors (Lipinski definition) is 5. The van der Waals surface area contributed by atoms with Crippen LogP contribution in [0.5, 0.6) is 5.75 Å². The van der Waals surface area contributed by atoms with Gasteiger partial charge < -0.3 is 10.1 Å². The summed E-state index contributed by atoms with van der Waals surface area (Å²) in [6.45, 7) is 3.82. The number of amides is 1. The lowest BCUT2D eigenvalue weighted by Crippen LogP contribution is -2.13. The van der Waals surface area contributed by atoms with Gasteiger partial charge in [-0.05, 0) is 50.2 Å². The van der Waals surface area contributed by atoms with E-state index in [4.69, 9.17) is 4.74 Å². The molecule has 0 spiro atoms. The van der Waals surface area contributed by atoms with Crippen LogP contribution in [-0.4, -0.2) is 27.8 Å². The molecule has 0 fully saturated rings. The maximum absolute atomic E-state index is 12.8. The second-order valence-electron chi connectivity index (χ2n) is 6.51. The van der Waals surface area contributed by atoms with Crippen molar-refractivity contribution >= 4 is 22.9 Å². The van der Waals surface area contributed by atoms with E-state index in [1.54, 1.807) is 12.5 Å². The summed E-state index contributed by atoms with van der Waals surface area (Å²) < 4.78 is 7.01. The van der Waals surface area contributed by atoms with Gasteiger partial charge in [-0.3, -0.25) is 4.79 Å². The molecule has 0 saturated carbocycles. The molecule has 7 heteroatoms. The standard InChI is InChI=1S/C22H20N4O2S/c1-14-20(15(2)26(25-14)17-7-5-4-6-8-17)24-21(27)19-13-29-22(23-19)16-9-11-18(28-3)12-10-16/h4-13H,1-3H3,(H,24,27). The molecule has 2 heterocycles. The topological polar surface area (TPSA) is 69.0 Å². The minimum Gasteiger partial charge on any atom is -0.497 e. The number of aryl methyl sites for hydroxylation is 1. The first-order chi connectivity index (χ1) is 14.1. The molecule has 4 rings (SSSR count). The van der Waals surface area contributed by atoms with Gasteiger partial charge in [0.1, 0.15) is 16.5 Å². The summed E-state index contributed by atoms with van der Waals surface area (Å²) in [5, 5.41) is 10.1. The molecule has 0 bridgehead atoms. The van der Waals surface area contributed by atoms with Crippen LogP contribution in [0.15, 0.2) is 60.0 Å². The number of rotatable bonds is 5. The molecular formula is C22H20N4O2S. The van der Waals surface area contributed by atoms with Crippen molar-refractivity contribution in [3.05, 3.63) is 77.1 Å². The molecule has 0 aliphatic carbocycles. The van der Waals surface area contributed by atoms with Gasteiger partial charge in [0.2, 0.25) is 0 Å². The Labute approximate surface area is 172 Å². The highest BCUT2D eigenvalue weighted by Crippen LogP contribution is 2.27. The van der Waals surface area contributed by atoms with Crippen molar-refractivity contribution < 1.29 is 9.53 Å². The Morgan fingerprint density at radius 2 is 1.79 bits per heavy atom. The third kappa shape index (κ3) is 3.77. The summed E-state index contributed by atoms with van der Waals surface area (Å²) in [6.07, 6.45) is 0. The lowest BCUT2D eigenvalue weighted by atomic mass is 10.2. The van der Waals surface area contributed by atoms with Crippen LogP contribution in [0.3, 0.4) is 0 Å². The zero-order chi connectivity index (χ0) is 20.4. The molecule has 0 atom stereocenters. The summed E-state index contributed by atoms with van der Waals surface area (Å²) in [6, 6.07) is 17.4. The van der Waals surface area contributed by atoms with Gasteiger partial charge in [-0.15, -0.1) is 11.3 Å². The Kier molecular flexibility index (Phi) is 5.14. The van der Waals surface area contributed by atoms with Crippen LogP contribution >= 0.6 is 11.3 Å². The number of carbonyl (C=O) groups excluding carboxylic acids is 1. The van der Waals surface area contributed by atoms with E-state index >= 15 is 0 Å². The zero-order valence-electron chi connectivity index (χ0n) is 16.3. The fourth-order valence-corrected chi connectivity index (χ4v) is 3.87. The number of nitrogens with one attached hydrogen (secondary N) is 1. The summed E-state index contributed by atoms with van der Waals surface area (Å²) >= 11 is 1.43. The van der Waals surface area contributed by atoms with Crippen LogP contribution in [0.4, 0.5) is 5.69 Å². The van der Waals surface area contributed by atoms with E-state index in [2.05, 4.69) is 15.4 Å². The molecule has 0 saturated heterocycles. The van der Waals surface area contributed by atoms with Crippen LogP contribution in [-0.2, 0) is 0 Å². The number of thiazole rings is 1. The molecule has 6 nitrogen and oxygen atoms in total. The van der Waals surface area contributed by atoms with E-state index < -0.39 is 0 Å². The predicted octanol–water partition coefficient (Wildman–Crippen LogP) is 4.87. The summed E-state index contributed by atoms with van der Waals surface area (Å²) in [7, 11) is 1.63. The van der Waals surface area contributed by atoms with Gasteiger partial charge in [-0.25, -0.2) is 9.67 Å². The highest BCUT2D eigenvalue weighted by Gasteiger charge is 2.18. The van der Waals surface area contributed by atoms with Crippen LogP contribution in [0, 0.1) is 13.8 Å². The first kappa shape index (κ1) is 18.9. The molecule has 4 aromatic rings. The number of aromatic nitrogens is 3. The fourth-order valence-electron chi connectivity index (χ4n) is 3.07. The number of ether oxygens (including phenoxy) is 1. The van der Waals surface area contributed by atoms with E-state index in [0.29, 0.717) is 11.4 Å². The van der Waals surface area contributed by atoms with Crippen molar-refractivity contribution in [2.45, 2.75) is 13.8 Å². The van der Waals surface area contributed by atoms with Crippen molar-refractivity contribution in [1.29, 1.82) is 0 Å². The van der Waals surface area contributed by atoms with Crippen LogP contribution in [0.2, 0.25) is 0 Å². The lowest BCUT2D eigenvalue weighted by Gasteiger charge is -2.06. The third-order valence-corrected chi connectivity index (χ3v) is 5.50.